The van der Waals surface area contributed by atoms with Gasteiger partial charge >= 0.3 is 0 Å². The minimum Gasteiger partial charge on any atom is -0.397 e. The van der Waals surface area contributed by atoms with Crippen LogP contribution in [0.15, 0.2) is 23.1 Å². The normalized spacial score (nSPS) is 12.1. The Labute approximate surface area is 129 Å². The number of sulfone groups is 1. The predicted molar refractivity (Wildman–Crippen MR) is 90.5 cm³/mol. The summed E-state index contributed by atoms with van der Waals surface area (Å²) in [4.78, 5) is 2.59. The van der Waals surface area contributed by atoms with Crippen molar-refractivity contribution in [3.63, 3.8) is 0 Å². The van der Waals surface area contributed by atoms with Crippen LogP contribution in [0.1, 0.15) is 40.5 Å². The van der Waals surface area contributed by atoms with Gasteiger partial charge in [0.25, 0.3) is 0 Å². The number of rotatable bonds is 7. The zero-order chi connectivity index (χ0) is 16.2. The first-order valence-corrected chi connectivity index (χ1v) is 9.46. The average molecular weight is 312 g/mol. The number of anilines is 2. The Hall–Kier alpha value is -1.23. The van der Waals surface area contributed by atoms with Crippen LogP contribution < -0.4 is 10.6 Å². The largest absolute Gasteiger partial charge is 0.397 e. The number of hydrogen-bond acceptors (Lipinski definition) is 4. The summed E-state index contributed by atoms with van der Waals surface area (Å²) in [6.45, 7) is 9.60. The number of hydrogen-bond donors (Lipinski definition) is 1. The van der Waals surface area contributed by atoms with Crippen LogP contribution in [0.2, 0.25) is 0 Å². The summed E-state index contributed by atoms with van der Waals surface area (Å²) in [5, 5.41) is 0. The van der Waals surface area contributed by atoms with Gasteiger partial charge in [-0.3, -0.25) is 0 Å². The molecule has 0 fully saturated rings. The topological polar surface area (TPSA) is 63.4 Å². The quantitative estimate of drug-likeness (QED) is 0.784. The fourth-order valence-corrected chi connectivity index (χ4v) is 3.25. The van der Waals surface area contributed by atoms with E-state index in [0.717, 1.165) is 25.1 Å². The van der Waals surface area contributed by atoms with Crippen molar-refractivity contribution in [2.75, 3.05) is 23.4 Å². The maximum absolute atomic E-state index is 11.6. The zero-order valence-electron chi connectivity index (χ0n) is 13.8. The van der Waals surface area contributed by atoms with Gasteiger partial charge in [-0.25, -0.2) is 8.42 Å². The molecule has 1 aromatic rings. The van der Waals surface area contributed by atoms with Crippen molar-refractivity contribution in [3.05, 3.63) is 18.2 Å². The highest BCUT2D eigenvalue weighted by Gasteiger charge is 2.20. The van der Waals surface area contributed by atoms with E-state index in [1.807, 2.05) is 6.07 Å². The van der Waals surface area contributed by atoms with Gasteiger partial charge in [0.2, 0.25) is 0 Å². The molecular formula is C16H28N2O2S. The summed E-state index contributed by atoms with van der Waals surface area (Å²) in [6, 6.07) is 5.47. The minimum atomic E-state index is -3.22. The molecule has 2 N–H and O–H groups in total. The second kappa shape index (κ2) is 7.16. The third kappa shape index (κ3) is 4.63. The second-order valence-corrected chi connectivity index (χ2v) is 8.03. The molecule has 0 atom stereocenters. The van der Waals surface area contributed by atoms with E-state index in [0.29, 0.717) is 17.6 Å². The van der Waals surface area contributed by atoms with Crippen molar-refractivity contribution in [3.8, 4) is 0 Å². The maximum Gasteiger partial charge on any atom is 0.175 e. The zero-order valence-corrected chi connectivity index (χ0v) is 14.6. The van der Waals surface area contributed by atoms with E-state index in [4.69, 9.17) is 5.73 Å². The van der Waals surface area contributed by atoms with Crippen LogP contribution in [0.3, 0.4) is 0 Å². The fraction of sp³-hybridized carbons (Fsp3) is 0.625. The molecule has 0 aliphatic heterocycles. The monoisotopic (exact) mass is 312 g/mol. The standard InChI is InChI=1S/C16H28N2O2S/c1-6-13(7-2)18(11-12(3)4)16-9-8-14(10-15(16)17)21(5,19)20/h8-10,12-13H,6-7,11,17H2,1-5H3. The highest BCUT2D eigenvalue weighted by Crippen LogP contribution is 2.30. The molecule has 0 unspecified atom stereocenters. The summed E-state index contributed by atoms with van der Waals surface area (Å²) in [5.41, 5.74) is 7.60. The lowest BCUT2D eigenvalue weighted by Crippen LogP contribution is -2.37. The molecule has 120 valence electrons. The van der Waals surface area contributed by atoms with Gasteiger partial charge in [-0.1, -0.05) is 27.7 Å². The van der Waals surface area contributed by atoms with E-state index < -0.39 is 9.84 Å². The first-order valence-electron chi connectivity index (χ1n) is 7.56. The lowest BCUT2D eigenvalue weighted by Gasteiger charge is -2.35. The van der Waals surface area contributed by atoms with Crippen LogP contribution in [0.5, 0.6) is 0 Å². The number of nitrogens with zero attached hydrogens (tertiary/aromatic N) is 1. The Morgan fingerprint density at radius 1 is 1.19 bits per heavy atom. The highest BCUT2D eigenvalue weighted by molar-refractivity contribution is 7.90. The third-order valence-corrected chi connectivity index (χ3v) is 4.79. The van der Waals surface area contributed by atoms with Gasteiger partial charge in [-0.2, -0.15) is 0 Å². The summed E-state index contributed by atoms with van der Waals surface area (Å²) in [5.74, 6) is 0.514. The Morgan fingerprint density at radius 2 is 1.76 bits per heavy atom. The SMILES string of the molecule is CCC(CC)N(CC(C)C)c1ccc(S(C)(=O)=O)cc1N. The van der Waals surface area contributed by atoms with E-state index >= 15 is 0 Å². The summed E-state index contributed by atoms with van der Waals surface area (Å²) in [6.07, 6.45) is 3.28. The molecule has 0 heterocycles. The molecule has 0 aliphatic carbocycles. The first kappa shape index (κ1) is 17.8. The van der Waals surface area contributed by atoms with Crippen molar-refractivity contribution in [2.45, 2.75) is 51.5 Å². The molecule has 0 spiro atoms. The molecule has 0 radical (unpaired) electrons. The first-order chi connectivity index (χ1) is 9.70. The highest BCUT2D eigenvalue weighted by atomic mass is 32.2. The Bertz CT molecular complexity index is 564. The molecule has 0 saturated carbocycles. The number of nitrogens with two attached hydrogens (primary N) is 1. The maximum atomic E-state index is 11.6. The summed E-state index contributed by atoms with van der Waals surface area (Å²) < 4.78 is 23.2. The molecule has 0 amide bonds. The van der Waals surface area contributed by atoms with E-state index in [1.165, 1.54) is 6.26 Å². The predicted octanol–water partition coefficient (Wildman–Crippen LogP) is 3.32. The van der Waals surface area contributed by atoms with Crippen LogP contribution in [-0.2, 0) is 9.84 Å². The third-order valence-electron chi connectivity index (χ3n) is 3.68. The molecule has 0 aliphatic rings. The van der Waals surface area contributed by atoms with Gasteiger partial charge in [0, 0.05) is 18.8 Å². The number of nitrogen functional groups attached to an aromatic ring is 1. The number of benzene rings is 1. The van der Waals surface area contributed by atoms with Crippen LogP contribution in [-0.4, -0.2) is 27.3 Å². The molecule has 0 saturated heterocycles. The van der Waals surface area contributed by atoms with Gasteiger partial charge in [-0.05, 0) is 37.0 Å². The van der Waals surface area contributed by atoms with Crippen molar-refractivity contribution in [2.24, 2.45) is 5.92 Å². The minimum absolute atomic E-state index is 0.276. The molecule has 1 rings (SSSR count). The molecule has 4 nitrogen and oxygen atoms in total. The molecule has 1 aromatic carbocycles. The van der Waals surface area contributed by atoms with Gasteiger partial charge in [0.05, 0.1) is 16.3 Å². The van der Waals surface area contributed by atoms with E-state index in [1.54, 1.807) is 12.1 Å². The molecular weight excluding hydrogens is 284 g/mol. The van der Waals surface area contributed by atoms with E-state index in [9.17, 15) is 8.42 Å². The summed E-state index contributed by atoms with van der Waals surface area (Å²) in [7, 11) is -3.22. The lowest BCUT2D eigenvalue weighted by molar-refractivity contribution is 0.508. The molecule has 0 bridgehead atoms. The van der Waals surface area contributed by atoms with Crippen molar-refractivity contribution in [1.82, 2.24) is 0 Å². The van der Waals surface area contributed by atoms with Gasteiger partial charge in [0.15, 0.2) is 9.84 Å². The van der Waals surface area contributed by atoms with Crippen LogP contribution in [0, 0.1) is 5.92 Å². The Balaban J connectivity index is 3.25. The van der Waals surface area contributed by atoms with Crippen molar-refractivity contribution < 1.29 is 8.42 Å². The van der Waals surface area contributed by atoms with E-state index in [-0.39, 0.29) is 4.90 Å². The van der Waals surface area contributed by atoms with Crippen LogP contribution in [0.4, 0.5) is 11.4 Å². The van der Waals surface area contributed by atoms with Gasteiger partial charge < -0.3 is 10.6 Å². The Kier molecular flexibility index (Phi) is 6.08. The smallest absolute Gasteiger partial charge is 0.175 e. The molecule has 0 aromatic heterocycles. The average Bonchev–Trinajstić information content (AvgIpc) is 2.37. The van der Waals surface area contributed by atoms with E-state index in [2.05, 4.69) is 32.6 Å². The fourth-order valence-electron chi connectivity index (χ4n) is 2.59. The van der Waals surface area contributed by atoms with Gasteiger partial charge in [0.1, 0.15) is 0 Å². The van der Waals surface area contributed by atoms with Crippen molar-refractivity contribution in [1.29, 1.82) is 0 Å². The van der Waals surface area contributed by atoms with Crippen LogP contribution in [0.25, 0.3) is 0 Å². The molecule has 5 heteroatoms. The Morgan fingerprint density at radius 3 is 2.14 bits per heavy atom. The second-order valence-electron chi connectivity index (χ2n) is 6.01. The van der Waals surface area contributed by atoms with Gasteiger partial charge in [-0.15, -0.1) is 0 Å². The van der Waals surface area contributed by atoms with Crippen molar-refractivity contribution >= 4 is 21.2 Å². The summed E-state index contributed by atoms with van der Waals surface area (Å²) >= 11 is 0. The molecule has 21 heavy (non-hydrogen) atoms. The lowest BCUT2D eigenvalue weighted by atomic mass is 10.1. The van der Waals surface area contributed by atoms with Crippen LogP contribution >= 0.6 is 0 Å².